The van der Waals surface area contributed by atoms with Crippen LogP contribution in [0.15, 0.2) is 134 Å². The van der Waals surface area contributed by atoms with Crippen LogP contribution in [0.2, 0.25) is 0 Å². The van der Waals surface area contributed by atoms with Gasteiger partial charge in [-0.1, -0.05) is 84.9 Å². The first-order valence-electron chi connectivity index (χ1n) is 13.9. The lowest BCUT2D eigenvalue weighted by Gasteiger charge is -2.13. The molecule has 0 bridgehead atoms. The van der Waals surface area contributed by atoms with Gasteiger partial charge in [0.2, 0.25) is 0 Å². The number of benzene rings is 5. The Kier molecular flexibility index (Phi) is 4.80. The van der Waals surface area contributed by atoms with Gasteiger partial charge in [0.1, 0.15) is 0 Å². The second kappa shape index (κ2) is 8.81. The molecule has 0 atom stereocenters. The summed E-state index contributed by atoms with van der Waals surface area (Å²) in [7, 11) is 0. The van der Waals surface area contributed by atoms with Gasteiger partial charge in [0.15, 0.2) is 5.82 Å². The topological polar surface area (TPSA) is 61.4 Å². The van der Waals surface area contributed by atoms with Crippen molar-refractivity contribution in [3.8, 4) is 22.8 Å². The van der Waals surface area contributed by atoms with E-state index in [9.17, 15) is 0 Å². The Bertz CT molecular complexity index is 2460. The van der Waals surface area contributed by atoms with E-state index in [0.29, 0.717) is 0 Å². The van der Waals surface area contributed by atoms with Crippen molar-refractivity contribution in [2.45, 2.75) is 0 Å². The lowest BCUT2D eigenvalue weighted by Crippen LogP contribution is -2.02. The van der Waals surface area contributed by atoms with Crippen molar-refractivity contribution in [3.63, 3.8) is 0 Å². The quantitative estimate of drug-likeness (QED) is 0.227. The molecule has 4 aromatic heterocycles. The number of para-hydroxylation sites is 3. The van der Waals surface area contributed by atoms with Gasteiger partial charge >= 0.3 is 0 Å². The summed E-state index contributed by atoms with van der Waals surface area (Å²) in [6.07, 6.45) is 7.24. The molecule has 0 amide bonds. The number of hydrogen-bond acceptors (Lipinski definition) is 4. The fourth-order valence-corrected chi connectivity index (χ4v) is 6.41. The maximum atomic E-state index is 5.18. The minimum atomic E-state index is 0.747. The van der Waals surface area contributed by atoms with Crippen molar-refractivity contribution >= 4 is 54.6 Å². The van der Waals surface area contributed by atoms with E-state index in [1.165, 1.54) is 0 Å². The van der Waals surface area contributed by atoms with E-state index >= 15 is 0 Å². The Morgan fingerprint density at radius 2 is 1.05 bits per heavy atom. The first-order chi connectivity index (χ1) is 20.9. The molecule has 0 radical (unpaired) electrons. The highest BCUT2D eigenvalue weighted by Crippen LogP contribution is 2.45. The Morgan fingerprint density at radius 1 is 0.500 bits per heavy atom. The van der Waals surface area contributed by atoms with E-state index in [-0.39, 0.29) is 0 Å². The summed E-state index contributed by atoms with van der Waals surface area (Å²) in [5, 5.41) is 4.34. The standard InChI is InChI=1S/C36H22N6/c1-3-11-23(12-4-1)27-21-37-22-30(40-27)42-29-18-10-8-16-26(29)32-34-33(38-19-20-39-34)31-25-15-7-9-17-28(25)41(35(31)36(32)42)24-13-5-2-6-14-24/h1-22H. The lowest BCUT2D eigenvalue weighted by atomic mass is 10.1. The molecule has 0 N–H and O–H groups in total. The minimum absolute atomic E-state index is 0.747. The van der Waals surface area contributed by atoms with E-state index in [0.717, 1.165) is 77.4 Å². The molecule has 9 aromatic rings. The molecule has 196 valence electrons. The molecule has 0 fully saturated rings. The maximum absolute atomic E-state index is 5.18. The van der Waals surface area contributed by atoms with E-state index in [4.69, 9.17) is 15.0 Å². The van der Waals surface area contributed by atoms with Gasteiger partial charge < -0.3 is 4.57 Å². The third-order valence-electron chi connectivity index (χ3n) is 8.08. The summed E-state index contributed by atoms with van der Waals surface area (Å²) < 4.78 is 4.60. The van der Waals surface area contributed by atoms with Gasteiger partial charge in [-0.25, -0.2) is 4.98 Å². The van der Waals surface area contributed by atoms with Crippen LogP contribution in [0.3, 0.4) is 0 Å². The van der Waals surface area contributed by atoms with Crippen LogP contribution in [0.1, 0.15) is 0 Å². The zero-order valence-electron chi connectivity index (χ0n) is 22.4. The molecule has 6 nitrogen and oxygen atoms in total. The zero-order valence-corrected chi connectivity index (χ0v) is 22.4. The normalized spacial score (nSPS) is 11.8. The van der Waals surface area contributed by atoms with Crippen molar-refractivity contribution in [2.75, 3.05) is 0 Å². The van der Waals surface area contributed by atoms with Crippen LogP contribution in [-0.2, 0) is 0 Å². The average molecular weight is 539 g/mol. The Morgan fingerprint density at radius 3 is 1.71 bits per heavy atom. The number of nitrogens with zero attached hydrogens (tertiary/aromatic N) is 6. The van der Waals surface area contributed by atoms with Crippen molar-refractivity contribution in [3.05, 3.63) is 134 Å². The molecule has 42 heavy (non-hydrogen) atoms. The van der Waals surface area contributed by atoms with Gasteiger partial charge in [-0.3, -0.25) is 19.5 Å². The third-order valence-corrected chi connectivity index (χ3v) is 8.08. The van der Waals surface area contributed by atoms with Gasteiger partial charge in [0, 0.05) is 45.2 Å². The molecule has 5 aromatic carbocycles. The highest BCUT2D eigenvalue weighted by Gasteiger charge is 2.26. The Hall–Kier alpha value is -5.88. The monoisotopic (exact) mass is 538 g/mol. The first-order valence-corrected chi connectivity index (χ1v) is 13.9. The molecular weight excluding hydrogens is 516 g/mol. The summed E-state index contributed by atoms with van der Waals surface area (Å²) >= 11 is 0. The molecule has 0 aliphatic heterocycles. The number of aromatic nitrogens is 6. The highest BCUT2D eigenvalue weighted by atomic mass is 15.1. The molecule has 0 aliphatic rings. The second-order valence-electron chi connectivity index (χ2n) is 10.4. The van der Waals surface area contributed by atoms with Gasteiger partial charge in [-0.15, -0.1) is 0 Å². The Balaban J connectivity index is 1.57. The summed E-state index contributed by atoms with van der Waals surface area (Å²) in [6, 6.07) is 37.7. The van der Waals surface area contributed by atoms with Crippen LogP contribution < -0.4 is 0 Å². The van der Waals surface area contributed by atoms with E-state index in [1.807, 2.05) is 30.6 Å². The fourth-order valence-electron chi connectivity index (χ4n) is 6.41. The molecule has 0 saturated heterocycles. The van der Waals surface area contributed by atoms with Gasteiger partial charge in [0.25, 0.3) is 0 Å². The second-order valence-corrected chi connectivity index (χ2v) is 10.4. The van der Waals surface area contributed by atoms with Gasteiger partial charge in [-0.2, -0.15) is 0 Å². The smallest absolute Gasteiger partial charge is 0.156 e. The molecule has 0 aliphatic carbocycles. The van der Waals surface area contributed by atoms with E-state index < -0.39 is 0 Å². The van der Waals surface area contributed by atoms with Crippen LogP contribution in [-0.4, -0.2) is 29.1 Å². The van der Waals surface area contributed by atoms with Crippen LogP contribution in [0.5, 0.6) is 0 Å². The molecule has 0 spiro atoms. The minimum Gasteiger partial charge on any atom is -0.307 e. The molecule has 4 heterocycles. The van der Waals surface area contributed by atoms with Crippen molar-refractivity contribution in [2.24, 2.45) is 0 Å². The van der Waals surface area contributed by atoms with Crippen LogP contribution in [0, 0.1) is 0 Å². The van der Waals surface area contributed by atoms with Gasteiger partial charge in [0.05, 0.1) is 51.2 Å². The molecule has 9 rings (SSSR count). The molecular formula is C36H22N6. The van der Waals surface area contributed by atoms with Crippen LogP contribution in [0.4, 0.5) is 0 Å². The Labute approximate surface area is 240 Å². The predicted octanol–water partition coefficient (Wildman–Crippen LogP) is 8.28. The average Bonchev–Trinajstić information content (AvgIpc) is 3.60. The summed E-state index contributed by atoms with van der Waals surface area (Å²) in [4.78, 5) is 19.8. The summed E-state index contributed by atoms with van der Waals surface area (Å²) in [6.45, 7) is 0. The number of rotatable bonds is 3. The highest BCUT2D eigenvalue weighted by molar-refractivity contribution is 6.34. The third kappa shape index (κ3) is 3.14. The molecule has 0 unspecified atom stereocenters. The first kappa shape index (κ1) is 22.9. The van der Waals surface area contributed by atoms with Crippen molar-refractivity contribution in [1.82, 2.24) is 29.1 Å². The zero-order chi connectivity index (χ0) is 27.6. The van der Waals surface area contributed by atoms with Crippen molar-refractivity contribution in [1.29, 1.82) is 0 Å². The number of hydrogen-bond donors (Lipinski definition) is 0. The molecule has 0 saturated carbocycles. The largest absolute Gasteiger partial charge is 0.307 e. The summed E-state index contributed by atoms with van der Waals surface area (Å²) in [5.74, 6) is 0.747. The van der Waals surface area contributed by atoms with Crippen molar-refractivity contribution < 1.29 is 0 Å². The van der Waals surface area contributed by atoms with Gasteiger partial charge in [-0.05, 0) is 24.3 Å². The lowest BCUT2D eigenvalue weighted by molar-refractivity contribution is 1.04. The van der Waals surface area contributed by atoms with Crippen LogP contribution in [0.25, 0.3) is 77.4 Å². The van der Waals surface area contributed by atoms with E-state index in [2.05, 4.69) is 105 Å². The van der Waals surface area contributed by atoms with Crippen LogP contribution >= 0.6 is 0 Å². The fraction of sp³-hybridized carbons (Fsp3) is 0. The molecule has 6 heteroatoms. The van der Waals surface area contributed by atoms with E-state index in [1.54, 1.807) is 12.4 Å². The number of fused-ring (bicyclic) bond motifs is 10. The maximum Gasteiger partial charge on any atom is 0.156 e. The summed E-state index contributed by atoms with van der Waals surface area (Å²) in [5.41, 5.74) is 8.92. The SMILES string of the molecule is c1ccc(-c2cncc(-n3c4ccccc4c4c5nccnc5c5c6ccccc6n(-c6ccccc6)c5c43)n2)cc1. The predicted molar refractivity (Wildman–Crippen MR) is 169 cm³/mol.